The van der Waals surface area contributed by atoms with Gasteiger partial charge in [0.1, 0.15) is 12.2 Å². The first-order valence-electron chi connectivity index (χ1n) is 8.50. The van der Waals surface area contributed by atoms with Crippen LogP contribution in [0, 0.1) is 0 Å². The van der Waals surface area contributed by atoms with Gasteiger partial charge in [0.2, 0.25) is 10.0 Å². The summed E-state index contributed by atoms with van der Waals surface area (Å²) in [4.78, 5) is 23.5. The Hall–Kier alpha value is -1.67. The summed E-state index contributed by atoms with van der Waals surface area (Å²) in [5, 5.41) is 0. The van der Waals surface area contributed by atoms with Crippen LogP contribution in [0.25, 0.3) is 0 Å². The van der Waals surface area contributed by atoms with Gasteiger partial charge in [-0.15, -0.1) is 0 Å². The van der Waals surface area contributed by atoms with Gasteiger partial charge in [-0.3, -0.25) is 0 Å². The SMILES string of the molecule is C=C(C)C(=O)OC(C)C(C)N(C(C)C(C)OC(=O)C(=C)C)S(=O)(=O)CC. The van der Waals surface area contributed by atoms with E-state index in [4.69, 9.17) is 9.47 Å². The number of carbonyl (C=O) groups is 2. The third-order valence-electron chi connectivity index (χ3n) is 4.13. The van der Waals surface area contributed by atoms with Crippen molar-refractivity contribution in [2.75, 3.05) is 5.75 Å². The average Bonchev–Trinajstić information content (AvgIpc) is 2.53. The minimum absolute atomic E-state index is 0.135. The quantitative estimate of drug-likeness (QED) is 0.421. The Kier molecular flexibility index (Phi) is 9.24. The number of hydrogen-bond acceptors (Lipinski definition) is 6. The summed E-state index contributed by atoms with van der Waals surface area (Å²) < 4.78 is 37.1. The maximum absolute atomic E-state index is 12.6. The fraction of sp³-hybridized carbons (Fsp3) is 0.667. The molecule has 0 rings (SSSR count). The van der Waals surface area contributed by atoms with Crippen molar-refractivity contribution >= 4 is 22.0 Å². The first-order valence-corrected chi connectivity index (χ1v) is 10.1. The summed E-state index contributed by atoms with van der Waals surface area (Å²) in [6.07, 6.45) is -1.43. The van der Waals surface area contributed by atoms with Gasteiger partial charge >= 0.3 is 11.9 Å². The molecule has 0 aromatic heterocycles. The molecule has 0 spiro atoms. The molecule has 0 saturated carbocycles. The monoisotopic (exact) mass is 389 g/mol. The van der Waals surface area contributed by atoms with E-state index in [1.807, 2.05) is 0 Å². The zero-order valence-corrected chi connectivity index (χ0v) is 17.6. The molecule has 0 heterocycles. The highest BCUT2D eigenvalue weighted by Gasteiger charge is 2.38. The van der Waals surface area contributed by atoms with Crippen LogP contribution in [0.5, 0.6) is 0 Å². The van der Waals surface area contributed by atoms with Gasteiger partial charge in [-0.2, -0.15) is 4.31 Å². The van der Waals surface area contributed by atoms with Crippen LogP contribution >= 0.6 is 0 Å². The number of carbonyl (C=O) groups excluding carboxylic acids is 2. The van der Waals surface area contributed by atoms with E-state index in [1.54, 1.807) is 27.7 Å². The van der Waals surface area contributed by atoms with Crippen molar-refractivity contribution in [2.45, 2.75) is 72.8 Å². The molecule has 0 aliphatic rings. The summed E-state index contributed by atoms with van der Waals surface area (Å²) in [7, 11) is -3.65. The molecule has 0 aliphatic heterocycles. The Morgan fingerprint density at radius 1 is 0.885 bits per heavy atom. The van der Waals surface area contributed by atoms with E-state index in [9.17, 15) is 18.0 Å². The molecule has 0 amide bonds. The molecule has 0 fully saturated rings. The van der Waals surface area contributed by atoms with Crippen molar-refractivity contribution in [3.05, 3.63) is 24.3 Å². The molecule has 4 atom stereocenters. The molecule has 0 radical (unpaired) electrons. The highest BCUT2D eigenvalue weighted by atomic mass is 32.2. The zero-order chi connectivity index (χ0) is 20.8. The molecule has 26 heavy (non-hydrogen) atoms. The molecule has 0 N–H and O–H groups in total. The number of hydrogen-bond donors (Lipinski definition) is 0. The zero-order valence-electron chi connectivity index (χ0n) is 16.7. The molecule has 0 bridgehead atoms. The molecule has 7 nitrogen and oxygen atoms in total. The van der Waals surface area contributed by atoms with Crippen LogP contribution in [0.2, 0.25) is 0 Å². The first kappa shape index (κ1) is 24.3. The maximum atomic E-state index is 12.6. The summed E-state index contributed by atoms with van der Waals surface area (Å²) in [5.41, 5.74) is 0.455. The molecule has 8 heteroatoms. The van der Waals surface area contributed by atoms with E-state index in [1.165, 1.54) is 25.1 Å². The highest BCUT2D eigenvalue weighted by molar-refractivity contribution is 7.89. The Labute approximate surface area is 157 Å². The maximum Gasteiger partial charge on any atom is 0.333 e. The summed E-state index contributed by atoms with van der Waals surface area (Å²) in [6.45, 7) is 18.1. The Morgan fingerprint density at radius 2 is 1.19 bits per heavy atom. The minimum Gasteiger partial charge on any atom is -0.458 e. The van der Waals surface area contributed by atoms with E-state index in [0.717, 1.165) is 0 Å². The van der Waals surface area contributed by atoms with Gasteiger partial charge in [0, 0.05) is 11.1 Å². The van der Waals surface area contributed by atoms with E-state index in [2.05, 4.69) is 13.2 Å². The molecule has 0 aliphatic carbocycles. The second kappa shape index (κ2) is 9.87. The van der Waals surface area contributed by atoms with Crippen LogP contribution in [-0.4, -0.2) is 54.7 Å². The fourth-order valence-corrected chi connectivity index (χ4v) is 3.83. The van der Waals surface area contributed by atoms with Crippen molar-refractivity contribution < 1.29 is 27.5 Å². The standard InChI is InChI=1S/C18H31NO6S/c1-10-26(22,23)19(13(6)15(8)24-17(20)11(2)3)14(7)16(9)25-18(21)12(4)5/h13-16H,2,4,10H2,1,3,5-9H3. The summed E-state index contributed by atoms with van der Waals surface area (Å²) in [5.74, 6) is -1.32. The Morgan fingerprint density at radius 3 is 1.42 bits per heavy atom. The van der Waals surface area contributed by atoms with Crippen molar-refractivity contribution in [3.8, 4) is 0 Å². The van der Waals surface area contributed by atoms with Crippen LogP contribution in [0.1, 0.15) is 48.5 Å². The molecule has 0 aromatic carbocycles. The normalized spacial score (nSPS) is 16.3. The lowest BCUT2D eigenvalue weighted by molar-refractivity contribution is -0.148. The Bertz CT molecular complexity index is 615. The smallest absolute Gasteiger partial charge is 0.333 e. The van der Waals surface area contributed by atoms with Crippen LogP contribution in [-0.2, 0) is 29.1 Å². The number of rotatable bonds is 10. The number of ether oxygens (including phenoxy) is 2. The van der Waals surface area contributed by atoms with Gasteiger partial charge < -0.3 is 9.47 Å². The lowest BCUT2D eigenvalue weighted by atomic mass is 10.1. The average molecular weight is 390 g/mol. The topological polar surface area (TPSA) is 90.0 Å². The molecule has 0 saturated heterocycles. The molecule has 0 aromatic rings. The van der Waals surface area contributed by atoms with E-state index in [0.29, 0.717) is 0 Å². The largest absolute Gasteiger partial charge is 0.458 e. The molecule has 4 unspecified atom stereocenters. The highest BCUT2D eigenvalue weighted by Crippen LogP contribution is 2.21. The second-order valence-electron chi connectivity index (χ2n) is 6.49. The summed E-state index contributed by atoms with van der Waals surface area (Å²) in [6, 6.07) is -1.33. The van der Waals surface area contributed by atoms with Crippen LogP contribution in [0.3, 0.4) is 0 Å². The Balaban J connectivity index is 5.59. The fourth-order valence-electron chi connectivity index (χ4n) is 2.18. The third-order valence-corrected chi connectivity index (χ3v) is 6.17. The van der Waals surface area contributed by atoms with Crippen molar-refractivity contribution in [1.82, 2.24) is 4.31 Å². The second-order valence-corrected chi connectivity index (χ2v) is 8.66. The predicted molar refractivity (Wildman–Crippen MR) is 101 cm³/mol. The first-order chi connectivity index (χ1) is 11.8. The number of esters is 2. The van der Waals surface area contributed by atoms with E-state index < -0.39 is 46.3 Å². The van der Waals surface area contributed by atoms with Gasteiger partial charge in [-0.25, -0.2) is 18.0 Å². The van der Waals surface area contributed by atoms with Crippen LogP contribution < -0.4 is 0 Å². The van der Waals surface area contributed by atoms with Crippen LogP contribution in [0.4, 0.5) is 0 Å². The van der Waals surface area contributed by atoms with Crippen molar-refractivity contribution in [3.63, 3.8) is 0 Å². The predicted octanol–water partition coefficient (Wildman–Crippen LogP) is 2.43. The summed E-state index contributed by atoms with van der Waals surface area (Å²) >= 11 is 0. The number of sulfonamides is 1. The van der Waals surface area contributed by atoms with Crippen molar-refractivity contribution in [1.29, 1.82) is 0 Å². The molecule has 150 valence electrons. The van der Waals surface area contributed by atoms with Crippen molar-refractivity contribution in [2.24, 2.45) is 0 Å². The lowest BCUT2D eigenvalue weighted by Gasteiger charge is -2.38. The minimum atomic E-state index is -3.65. The van der Waals surface area contributed by atoms with Gasteiger partial charge in [0.15, 0.2) is 0 Å². The van der Waals surface area contributed by atoms with Gasteiger partial charge in [0.05, 0.1) is 17.8 Å². The van der Waals surface area contributed by atoms with Crippen LogP contribution in [0.15, 0.2) is 24.3 Å². The number of nitrogens with zero attached hydrogens (tertiary/aromatic N) is 1. The lowest BCUT2D eigenvalue weighted by Crippen LogP contribution is -2.54. The molecular weight excluding hydrogens is 358 g/mol. The van der Waals surface area contributed by atoms with E-state index >= 15 is 0 Å². The molecular formula is C18H31NO6S. The van der Waals surface area contributed by atoms with Gasteiger partial charge in [-0.05, 0) is 48.5 Å². The van der Waals surface area contributed by atoms with Gasteiger partial charge in [-0.1, -0.05) is 13.2 Å². The van der Waals surface area contributed by atoms with E-state index in [-0.39, 0.29) is 16.9 Å². The van der Waals surface area contributed by atoms with Gasteiger partial charge in [0.25, 0.3) is 0 Å². The third kappa shape index (κ3) is 6.57.